The molecule has 3 rings (SSSR count). The third-order valence-electron chi connectivity index (χ3n) is 5.61. The number of amides is 1. The summed E-state index contributed by atoms with van der Waals surface area (Å²) in [5.74, 6) is -0.210. The van der Waals surface area contributed by atoms with Gasteiger partial charge in [-0.05, 0) is 30.0 Å². The number of carbonyl (C=O) groups excluding carboxylic acids is 1. The van der Waals surface area contributed by atoms with E-state index < -0.39 is 10.0 Å². The van der Waals surface area contributed by atoms with Gasteiger partial charge >= 0.3 is 0 Å². The fourth-order valence-electron chi connectivity index (χ4n) is 3.81. The molecule has 3 N–H and O–H groups in total. The number of likely N-dealkylation sites (N-methyl/N-ethyl adjacent to an activating group) is 1. The van der Waals surface area contributed by atoms with Crippen molar-refractivity contribution in [2.45, 2.75) is 51.1 Å². The topological polar surface area (TPSA) is 105 Å². The first-order chi connectivity index (χ1) is 15.3. The zero-order valence-corrected chi connectivity index (χ0v) is 20.5. The van der Waals surface area contributed by atoms with Crippen LogP contribution in [0.5, 0.6) is 0 Å². The van der Waals surface area contributed by atoms with Crippen LogP contribution in [0.15, 0.2) is 29.7 Å². The molecule has 1 amide bonds. The maximum Gasteiger partial charge on any atom is 0.238 e. The Morgan fingerprint density at radius 2 is 2.09 bits per heavy atom. The van der Waals surface area contributed by atoms with Crippen molar-refractivity contribution in [1.82, 2.24) is 9.88 Å². The van der Waals surface area contributed by atoms with Crippen molar-refractivity contribution in [2.75, 3.05) is 17.5 Å². The number of halogens is 1. The summed E-state index contributed by atoms with van der Waals surface area (Å²) in [6.45, 7) is 0.265. The van der Waals surface area contributed by atoms with E-state index >= 15 is 0 Å². The van der Waals surface area contributed by atoms with E-state index in [2.05, 4.69) is 9.71 Å². The minimum atomic E-state index is -3.63. The molecule has 0 aliphatic heterocycles. The van der Waals surface area contributed by atoms with Gasteiger partial charge in [0.25, 0.3) is 0 Å². The molecular weight excluding hydrogens is 468 g/mol. The number of rotatable bonds is 9. The molecule has 7 nitrogen and oxygen atoms in total. The number of anilines is 1. The number of nitrogens with one attached hydrogen (secondary N) is 1. The summed E-state index contributed by atoms with van der Waals surface area (Å²) in [4.78, 5) is 18.7. The normalized spacial score (nSPS) is 15.2. The van der Waals surface area contributed by atoms with E-state index in [1.807, 2.05) is 18.0 Å². The summed E-state index contributed by atoms with van der Waals surface area (Å²) < 4.78 is 27.4. The van der Waals surface area contributed by atoms with Crippen LogP contribution in [0, 0.1) is 0 Å². The van der Waals surface area contributed by atoms with Crippen molar-refractivity contribution in [1.29, 1.82) is 0 Å². The van der Waals surface area contributed by atoms with Gasteiger partial charge in [-0.15, -0.1) is 11.3 Å². The van der Waals surface area contributed by atoms with Crippen LogP contribution in [0.3, 0.4) is 0 Å². The molecule has 0 unspecified atom stereocenters. The lowest BCUT2D eigenvalue weighted by Crippen LogP contribution is -2.39. The standard InChI is InChI=1S/C22H29ClN4O3S2/c1-27(18-9-3-2-4-10-18)21(28)13-17-15-31-22(25-17)26-32(29,30)12-6-8-16-7-5-11-20(23)19(16)14-24/h5-8,11,15,18H,2-4,9-10,12-14,24H2,1H3,(H,25,26). The lowest BCUT2D eigenvalue weighted by Gasteiger charge is -2.31. The number of carbonyl (C=O) groups is 1. The second-order valence-electron chi connectivity index (χ2n) is 7.91. The van der Waals surface area contributed by atoms with Gasteiger partial charge in [-0.3, -0.25) is 9.52 Å². The van der Waals surface area contributed by atoms with E-state index in [9.17, 15) is 13.2 Å². The zero-order valence-electron chi connectivity index (χ0n) is 18.1. The van der Waals surface area contributed by atoms with Crippen LogP contribution >= 0.6 is 22.9 Å². The SMILES string of the molecule is CN(C(=O)Cc1csc(NS(=O)(=O)CC=Cc2cccc(Cl)c2CN)n1)C1CCCCC1. The molecular formula is C22H29ClN4O3S2. The molecule has 174 valence electrons. The Morgan fingerprint density at radius 1 is 1.34 bits per heavy atom. The minimum absolute atomic E-state index is 0.0109. The van der Waals surface area contributed by atoms with Crippen molar-refractivity contribution < 1.29 is 13.2 Å². The molecule has 1 heterocycles. The monoisotopic (exact) mass is 496 g/mol. The first-order valence-corrected chi connectivity index (χ1v) is 13.5. The Labute approximate surface area is 198 Å². The van der Waals surface area contributed by atoms with Gasteiger partial charge in [0, 0.05) is 30.0 Å². The van der Waals surface area contributed by atoms with Gasteiger partial charge in [0.2, 0.25) is 15.9 Å². The first kappa shape index (κ1) is 24.7. The van der Waals surface area contributed by atoms with Crippen molar-refractivity contribution in [3.63, 3.8) is 0 Å². The number of aromatic nitrogens is 1. The van der Waals surface area contributed by atoms with Crippen LogP contribution in [-0.2, 0) is 27.8 Å². The quantitative estimate of drug-likeness (QED) is 0.545. The number of thiazole rings is 1. The second kappa shape index (κ2) is 11.3. The van der Waals surface area contributed by atoms with E-state index in [1.54, 1.807) is 29.7 Å². The summed E-state index contributed by atoms with van der Waals surface area (Å²) in [6, 6.07) is 5.66. The molecule has 1 fully saturated rings. The van der Waals surface area contributed by atoms with E-state index in [-0.39, 0.29) is 29.8 Å². The van der Waals surface area contributed by atoms with Gasteiger partial charge in [0.1, 0.15) is 0 Å². The Balaban J connectivity index is 1.56. The maximum absolute atomic E-state index is 12.6. The molecule has 32 heavy (non-hydrogen) atoms. The Morgan fingerprint density at radius 3 is 2.81 bits per heavy atom. The van der Waals surface area contributed by atoms with Crippen LogP contribution < -0.4 is 10.5 Å². The smallest absolute Gasteiger partial charge is 0.238 e. The summed E-state index contributed by atoms with van der Waals surface area (Å²) in [6.07, 6.45) is 9.04. The zero-order chi connectivity index (χ0) is 23.1. The van der Waals surface area contributed by atoms with Crippen LogP contribution in [0.4, 0.5) is 5.13 Å². The molecule has 1 aliphatic carbocycles. The minimum Gasteiger partial charge on any atom is -0.342 e. The summed E-state index contributed by atoms with van der Waals surface area (Å²) >= 11 is 7.30. The van der Waals surface area contributed by atoms with Crippen molar-refractivity contribution in [3.8, 4) is 0 Å². The van der Waals surface area contributed by atoms with E-state index in [0.29, 0.717) is 16.8 Å². The molecule has 0 spiro atoms. The Kier molecular flexibility index (Phi) is 8.70. The molecule has 0 radical (unpaired) electrons. The van der Waals surface area contributed by atoms with Crippen LogP contribution in [0.1, 0.15) is 48.9 Å². The first-order valence-electron chi connectivity index (χ1n) is 10.6. The number of hydrogen-bond acceptors (Lipinski definition) is 6. The average Bonchev–Trinajstić information content (AvgIpc) is 3.19. The number of sulfonamides is 1. The summed E-state index contributed by atoms with van der Waals surface area (Å²) in [5, 5.41) is 2.53. The van der Waals surface area contributed by atoms with Crippen molar-refractivity contribution in [2.24, 2.45) is 5.73 Å². The third kappa shape index (κ3) is 6.78. The summed E-state index contributed by atoms with van der Waals surface area (Å²) in [5.41, 5.74) is 7.85. The number of nitrogens with two attached hydrogens (primary N) is 1. The van der Waals surface area contributed by atoms with Crippen molar-refractivity contribution >= 4 is 50.1 Å². The molecule has 0 saturated heterocycles. The molecule has 1 aliphatic rings. The summed E-state index contributed by atoms with van der Waals surface area (Å²) in [7, 11) is -1.79. The van der Waals surface area contributed by atoms with Crippen molar-refractivity contribution in [3.05, 3.63) is 51.5 Å². The van der Waals surface area contributed by atoms with E-state index in [1.165, 1.54) is 17.8 Å². The lowest BCUT2D eigenvalue weighted by atomic mass is 9.94. The molecule has 2 aromatic rings. The molecule has 1 aromatic heterocycles. The Bertz CT molecular complexity index is 1060. The molecule has 10 heteroatoms. The molecule has 1 saturated carbocycles. The van der Waals surface area contributed by atoms with E-state index in [0.717, 1.165) is 36.8 Å². The molecule has 1 aromatic carbocycles. The third-order valence-corrected chi connectivity index (χ3v) is 8.04. The van der Waals surface area contributed by atoms with Gasteiger partial charge in [-0.2, -0.15) is 0 Å². The lowest BCUT2D eigenvalue weighted by molar-refractivity contribution is -0.131. The Hall–Kier alpha value is -1.94. The fourth-order valence-corrected chi connectivity index (χ4v) is 5.94. The fraction of sp³-hybridized carbons (Fsp3) is 0.455. The van der Waals surface area contributed by atoms with Crippen LogP contribution in [-0.4, -0.2) is 43.1 Å². The van der Waals surface area contributed by atoms with Gasteiger partial charge < -0.3 is 10.6 Å². The largest absolute Gasteiger partial charge is 0.342 e. The molecule has 0 atom stereocenters. The predicted octanol–water partition coefficient (Wildman–Crippen LogP) is 4.04. The highest BCUT2D eigenvalue weighted by Crippen LogP contribution is 2.24. The number of nitrogens with zero attached hydrogens (tertiary/aromatic N) is 2. The van der Waals surface area contributed by atoms with Crippen LogP contribution in [0.2, 0.25) is 5.02 Å². The highest BCUT2D eigenvalue weighted by molar-refractivity contribution is 7.93. The second-order valence-corrected chi connectivity index (χ2v) is 10.9. The van der Waals surface area contributed by atoms with Gasteiger partial charge in [-0.1, -0.05) is 55.1 Å². The average molecular weight is 497 g/mol. The highest BCUT2D eigenvalue weighted by Gasteiger charge is 2.23. The van der Waals surface area contributed by atoms with Gasteiger partial charge in [0.15, 0.2) is 5.13 Å². The number of hydrogen-bond donors (Lipinski definition) is 2. The van der Waals surface area contributed by atoms with Gasteiger partial charge in [0.05, 0.1) is 17.9 Å². The van der Waals surface area contributed by atoms with Gasteiger partial charge in [-0.25, -0.2) is 13.4 Å². The number of benzene rings is 1. The molecule has 0 bridgehead atoms. The predicted molar refractivity (Wildman–Crippen MR) is 131 cm³/mol. The highest BCUT2D eigenvalue weighted by atomic mass is 35.5. The maximum atomic E-state index is 12.6. The van der Waals surface area contributed by atoms with Crippen LogP contribution in [0.25, 0.3) is 6.08 Å². The van der Waals surface area contributed by atoms with E-state index in [4.69, 9.17) is 17.3 Å².